The SMILES string of the molecule is CCCNc1nc(NCC)ncc1Cl. The maximum atomic E-state index is 5.92. The largest absolute Gasteiger partial charge is 0.369 e. The lowest BCUT2D eigenvalue weighted by molar-refractivity contribution is 0.963. The van der Waals surface area contributed by atoms with Crippen molar-refractivity contribution in [1.82, 2.24) is 9.97 Å². The smallest absolute Gasteiger partial charge is 0.224 e. The highest BCUT2D eigenvalue weighted by Gasteiger charge is 2.03. The maximum Gasteiger partial charge on any atom is 0.224 e. The van der Waals surface area contributed by atoms with E-state index in [0.29, 0.717) is 16.8 Å². The Morgan fingerprint density at radius 2 is 2.14 bits per heavy atom. The van der Waals surface area contributed by atoms with Gasteiger partial charge < -0.3 is 10.6 Å². The van der Waals surface area contributed by atoms with E-state index in [-0.39, 0.29) is 0 Å². The molecule has 0 saturated heterocycles. The molecule has 0 spiro atoms. The van der Waals surface area contributed by atoms with Crippen molar-refractivity contribution in [3.05, 3.63) is 11.2 Å². The summed E-state index contributed by atoms with van der Waals surface area (Å²) in [6.07, 6.45) is 2.64. The van der Waals surface area contributed by atoms with E-state index in [0.717, 1.165) is 19.5 Å². The van der Waals surface area contributed by atoms with Gasteiger partial charge in [-0.1, -0.05) is 18.5 Å². The Morgan fingerprint density at radius 3 is 2.79 bits per heavy atom. The van der Waals surface area contributed by atoms with E-state index < -0.39 is 0 Å². The van der Waals surface area contributed by atoms with Crippen LogP contribution in [0.1, 0.15) is 20.3 Å². The van der Waals surface area contributed by atoms with Crippen molar-refractivity contribution >= 4 is 23.4 Å². The summed E-state index contributed by atoms with van der Waals surface area (Å²) in [6.45, 7) is 5.75. The summed E-state index contributed by atoms with van der Waals surface area (Å²) in [6, 6.07) is 0. The van der Waals surface area contributed by atoms with Gasteiger partial charge in [0.05, 0.1) is 6.20 Å². The molecule has 78 valence electrons. The fraction of sp³-hybridized carbons (Fsp3) is 0.556. The van der Waals surface area contributed by atoms with Gasteiger partial charge in [-0.25, -0.2) is 4.98 Å². The van der Waals surface area contributed by atoms with Crippen LogP contribution in [0.15, 0.2) is 6.20 Å². The standard InChI is InChI=1S/C9H15ClN4/c1-3-5-12-8-7(10)6-13-9(14-8)11-4-2/h6H,3-5H2,1-2H3,(H2,11,12,13,14). The van der Waals surface area contributed by atoms with Crippen LogP contribution in [0.25, 0.3) is 0 Å². The molecule has 0 aliphatic rings. The van der Waals surface area contributed by atoms with Crippen molar-refractivity contribution in [2.45, 2.75) is 20.3 Å². The molecule has 1 aromatic rings. The minimum atomic E-state index is 0.556. The Balaban J connectivity index is 2.74. The topological polar surface area (TPSA) is 49.8 Å². The van der Waals surface area contributed by atoms with Crippen LogP contribution < -0.4 is 10.6 Å². The van der Waals surface area contributed by atoms with E-state index in [1.807, 2.05) is 6.92 Å². The molecule has 0 atom stereocenters. The first kappa shape index (κ1) is 11.0. The van der Waals surface area contributed by atoms with Crippen LogP contribution in [0.4, 0.5) is 11.8 Å². The molecule has 0 amide bonds. The first-order chi connectivity index (χ1) is 6.77. The minimum Gasteiger partial charge on any atom is -0.369 e. The van der Waals surface area contributed by atoms with E-state index in [2.05, 4.69) is 27.5 Å². The van der Waals surface area contributed by atoms with Gasteiger partial charge in [0.15, 0.2) is 0 Å². The van der Waals surface area contributed by atoms with Crippen LogP contribution in [-0.4, -0.2) is 23.1 Å². The highest BCUT2D eigenvalue weighted by Crippen LogP contribution is 2.18. The number of halogens is 1. The summed E-state index contributed by atoms with van der Waals surface area (Å²) in [4.78, 5) is 8.28. The average Bonchev–Trinajstić information content (AvgIpc) is 2.19. The lowest BCUT2D eigenvalue weighted by Gasteiger charge is -2.07. The van der Waals surface area contributed by atoms with Crippen LogP contribution in [0.5, 0.6) is 0 Å². The Kier molecular flexibility index (Phi) is 4.46. The molecule has 1 heterocycles. The molecule has 1 aromatic heterocycles. The third kappa shape index (κ3) is 3.03. The van der Waals surface area contributed by atoms with Crippen LogP contribution in [0.3, 0.4) is 0 Å². The number of rotatable bonds is 5. The van der Waals surface area contributed by atoms with Gasteiger partial charge in [-0.05, 0) is 13.3 Å². The molecule has 0 bridgehead atoms. The van der Waals surface area contributed by atoms with E-state index in [1.54, 1.807) is 6.20 Å². The summed E-state index contributed by atoms with van der Waals surface area (Å²) in [5.74, 6) is 1.30. The monoisotopic (exact) mass is 214 g/mol. The molecule has 0 radical (unpaired) electrons. The van der Waals surface area contributed by atoms with Gasteiger partial charge in [0.2, 0.25) is 5.95 Å². The number of hydrogen-bond donors (Lipinski definition) is 2. The quantitative estimate of drug-likeness (QED) is 0.790. The fourth-order valence-corrected chi connectivity index (χ4v) is 1.14. The van der Waals surface area contributed by atoms with Crippen molar-refractivity contribution in [3.63, 3.8) is 0 Å². The van der Waals surface area contributed by atoms with Gasteiger partial charge in [0, 0.05) is 13.1 Å². The van der Waals surface area contributed by atoms with E-state index in [1.165, 1.54) is 0 Å². The van der Waals surface area contributed by atoms with Crippen molar-refractivity contribution in [1.29, 1.82) is 0 Å². The van der Waals surface area contributed by atoms with Crippen molar-refractivity contribution in [2.75, 3.05) is 23.7 Å². The van der Waals surface area contributed by atoms with Gasteiger partial charge in [-0.3, -0.25) is 0 Å². The second-order valence-corrected chi connectivity index (χ2v) is 3.25. The van der Waals surface area contributed by atoms with E-state index in [4.69, 9.17) is 11.6 Å². The van der Waals surface area contributed by atoms with Crippen LogP contribution in [-0.2, 0) is 0 Å². The zero-order valence-corrected chi connectivity index (χ0v) is 9.23. The van der Waals surface area contributed by atoms with E-state index in [9.17, 15) is 0 Å². The number of aromatic nitrogens is 2. The van der Waals surface area contributed by atoms with Gasteiger partial charge in [-0.15, -0.1) is 0 Å². The van der Waals surface area contributed by atoms with Gasteiger partial charge >= 0.3 is 0 Å². The Labute approximate surface area is 89.1 Å². The summed E-state index contributed by atoms with van der Waals surface area (Å²) in [7, 11) is 0. The third-order valence-corrected chi connectivity index (χ3v) is 1.90. The van der Waals surface area contributed by atoms with Crippen LogP contribution >= 0.6 is 11.6 Å². The molecule has 0 fully saturated rings. The lowest BCUT2D eigenvalue weighted by Crippen LogP contribution is -2.07. The average molecular weight is 215 g/mol. The molecule has 0 aromatic carbocycles. The first-order valence-electron chi connectivity index (χ1n) is 4.78. The van der Waals surface area contributed by atoms with E-state index >= 15 is 0 Å². The van der Waals surface area contributed by atoms with Crippen molar-refractivity contribution in [2.24, 2.45) is 0 Å². The normalized spacial score (nSPS) is 9.93. The summed E-state index contributed by atoms with van der Waals surface area (Å²) in [5.41, 5.74) is 0. The second kappa shape index (κ2) is 5.65. The van der Waals surface area contributed by atoms with Gasteiger partial charge in [0.1, 0.15) is 10.8 Å². The Bertz CT molecular complexity index is 290. The molecular weight excluding hydrogens is 200 g/mol. The molecule has 0 saturated carbocycles. The highest BCUT2D eigenvalue weighted by molar-refractivity contribution is 6.32. The predicted molar refractivity (Wildman–Crippen MR) is 60.0 cm³/mol. The molecule has 0 unspecified atom stereocenters. The lowest BCUT2D eigenvalue weighted by atomic mass is 10.4. The van der Waals surface area contributed by atoms with Gasteiger partial charge in [0.25, 0.3) is 0 Å². The molecule has 1 rings (SSSR count). The molecule has 14 heavy (non-hydrogen) atoms. The Hall–Kier alpha value is -1.03. The van der Waals surface area contributed by atoms with Crippen molar-refractivity contribution < 1.29 is 0 Å². The number of nitrogens with zero attached hydrogens (tertiary/aromatic N) is 2. The van der Waals surface area contributed by atoms with Gasteiger partial charge in [-0.2, -0.15) is 4.98 Å². The minimum absolute atomic E-state index is 0.556. The molecule has 0 aliphatic heterocycles. The predicted octanol–water partition coefficient (Wildman–Crippen LogP) is 2.38. The Morgan fingerprint density at radius 1 is 1.36 bits per heavy atom. The number of anilines is 2. The highest BCUT2D eigenvalue weighted by atomic mass is 35.5. The molecule has 5 heteroatoms. The van der Waals surface area contributed by atoms with Crippen LogP contribution in [0.2, 0.25) is 5.02 Å². The fourth-order valence-electron chi connectivity index (χ4n) is 0.978. The van der Waals surface area contributed by atoms with Crippen LogP contribution in [0, 0.1) is 0 Å². The third-order valence-electron chi connectivity index (χ3n) is 1.62. The zero-order chi connectivity index (χ0) is 10.4. The maximum absolute atomic E-state index is 5.92. The molecule has 4 nitrogen and oxygen atoms in total. The van der Waals surface area contributed by atoms with Crippen molar-refractivity contribution in [3.8, 4) is 0 Å². The summed E-state index contributed by atoms with van der Waals surface area (Å²) < 4.78 is 0. The zero-order valence-electron chi connectivity index (χ0n) is 8.47. The molecule has 0 aliphatic carbocycles. The molecule has 2 N–H and O–H groups in total. The number of hydrogen-bond acceptors (Lipinski definition) is 4. The summed E-state index contributed by atoms with van der Waals surface area (Å²) >= 11 is 5.92. The molecular formula is C9H15ClN4. The summed E-state index contributed by atoms with van der Waals surface area (Å²) in [5, 5.41) is 6.72. The second-order valence-electron chi connectivity index (χ2n) is 2.85. The number of nitrogens with one attached hydrogen (secondary N) is 2. The first-order valence-corrected chi connectivity index (χ1v) is 5.16.